The summed E-state index contributed by atoms with van der Waals surface area (Å²) in [7, 11) is 0. The molecule has 3 aromatic heterocycles. The van der Waals surface area contributed by atoms with Crippen LogP contribution in [0.1, 0.15) is 23.6 Å². The molecule has 4 heterocycles. The van der Waals surface area contributed by atoms with Gasteiger partial charge >= 0.3 is 6.18 Å². The van der Waals surface area contributed by atoms with Gasteiger partial charge in [0, 0.05) is 43.0 Å². The highest BCUT2D eigenvalue weighted by molar-refractivity contribution is 5.87. The van der Waals surface area contributed by atoms with Gasteiger partial charge in [-0.3, -0.25) is 9.20 Å². The highest BCUT2D eigenvalue weighted by Gasteiger charge is 2.32. The van der Waals surface area contributed by atoms with Gasteiger partial charge in [-0.2, -0.15) is 13.2 Å². The van der Waals surface area contributed by atoms with Crippen molar-refractivity contribution in [3.8, 4) is 23.0 Å². The molecule has 0 spiro atoms. The summed E-state index contributed by atoms with van der Waals surface area (Å²) in [6.07, 6.45) is -0.167. The molecule has 4 aromatic rings. The summed E-state index contributed by atoms with van der Waals surface area (Å²) < 4.78 is 60.8. The maximum atomic E-state index is 15.0. The van der Waals surface area contributed by atoms with Crippen molar-refractivity contribution >= 4 is 17.4 Å². The van der Waals surface area contributed by atoms with E-state index >= 15 is 4.39 Å². The average Bonchev–Trinajstić information content (AvgIpc) is 3.50. The largest absolute Gasteiger partial charge is 0.436 e. The van der Waals surface area contributed by atoms with Crippen LogP contribution in [-0.4, -0.2) is 43.2 Å². The first-order chi connectivity index (χ1) is 17.7. The lowest BCUT2D eigenvalue weighted by Crippen LogP contribution is -2.26. The number of hydrogen-bond donors (Lipinski definition) is 1. The summed E-state index contributed by atoms with van der Waals surface area (Å²) in [6, 6.07) is 7.17. The molecule has 1 fully saturated rings. The fourth-order valence-corrected chi connectivity index (χ4v) is 4.37. The molecule has 1 aromatic carbocycles. The number of imidazole rings is 1. The number of nitrogen functional groups attached to an aromatic ring is 1. The van der Waals surface area contributed by atoms with Gasteiger partial charge in [0.15, 0.2) is 11.6 Å². The van der Waals surface area contributed by atoms with Gasteiger partial charge in [-0.1, -0.05) is 6.58 Å². The number of ether oxygens (including phenoxy) is 1. The van der Waals surface area contributed by atoms with Crippen molar-refractivity contribution in [1.82, 2.24) is 24.3 Å². The standard InChI is InChI=1S/C25H20F4N6O2/c1-2-21(36)34-10-7-15(13-34)22-18-6-9-32-24(30)35(18)23(33-22)14-3-4-19(17(26)11-14)37-20-12-16(5-8-31-20)25(27,28)29/h2-6,8-9,11-12,15H,1,7,10,13H2,(H2,30,32). The van der Waals surface area contributed by atoms with Gasteiger partial charge in [-0.15, -0.1) is 0 Å². The minimum atomic E-state index is -4.59. The topological polar surface area (TPSA) is 98.6 Å². The highest BCUT2D eigenvalue weighted by Crippen LogP contribution is 2.36. The molecule has 2 N–H and O–H groups in total. The Morgan fingerprint density at radius 2 is 1.95 bits per heavy atom. The van der Waals surface area contributed by atoms with Crippen molar-refractivity contribution in [2.45, 2.75) is 18.5 Å². The summed E-state index contributed by atoms with van der Waals surface area (Å²) >= 11 is 0. The van der Waals surface area contributed by atoms with Crippen LogP contribution < -0.4 is 10.5 Å². The molecule has 12 heteroatoms. The van der Waals surface area contributed by atoms with Crippen LogP contribution in [0.3, 0.4) is 0 Å². The van der Waals surface area contributed by atoms with Crippen molar-refractivity contribution in [3.63, 3.8) is 0 Å². The molecule has 5 rings (SSSR count). The summed E-state index contributed by atoms with van der Waals surface area (Å²) in [5.41, 5.74) is 6.89. The zero-order valence-corrected chi connectivity index (χ0v) is 19.2. The summed E-state index contributed by atoms with van der Waals surface area (Å²) in [5, 5.41) is 0. The Balaban J connectivity index is 1.49. The number of fused-ring (bicyclic) bond motifs is 1. The Labute approximate surface area is 208 Å². The molecule has 1 aliphatic rings. The van der Waals surface area contributed by atoms with Gasteiger partial charge < -0.3 is 15.4 Å². The van der Waals surface area contributed by atoms with E-state index in [0.717, 1.165) is 18.3 Å². The molecule has 0 radical (unpaired) electrons. The normalized spacial score (nSPS) is 15.8. The van der Waals surface area contributed by atoms with E-state index in [1.54, 1.807) is 21.6 Å². The number of hydrogen-bond acceptors (Lipinski definition) is 6. The van der Waals surface area contributed by atoms with Gasteiger partial charge in [0.1, 0.15) is 5.82 Å². The van der Waals surface area contributed by atoms with Crippen LogP contribution in [0.2, 0.25) is 0 Å². The monoisotopic (exact) mass is 512 g/mol. The molecule has 37 heavy (non-hydrogen) atoms. The molecule has 1 atom stereocenters. The smallest absolute Gasteiger partial charge is 0.416 e. The van der Waals surface area contributed by atoms with E-state index in [-0.39, 0.29) is 23.5 Å². The third kappa shape index (κ3) is 4.57. The molecule has 1 amide bonds. The zero-order chi connectivity index (χ0) is 26.3. The second-order valence-corrected chi connectivity index (χ2v) is 8.45. The van der Waals surface area contributed by atoms with Gasteiger partial charge in [-0.25, -0.2) is 19.3 Å². The van der Waals surface area contributed by atoms with E-state index in [1.165, 1.54) is 18.2 Å². The van der Waals surface area contributed by atoms with Crippen LogP contribution >= 0.6 is 0 Å². The second-order valence-electron chi connectivity index (χ2n) is 8.45. The molecular weight excluding hydrogens is 492 g/mol. The predicted molar refractivity (Wildman–Crippen MR) is 126 cm³/mol. The lowest BCUT2D eigenvalue weighted by molar-refractivity contribution is -0.137. The van der Waals surface area contributed by atoms with Crippen LogP contribution in [0.15, 0.2) is 61.4 Å². The van der Waals surface area contributed by atoms with Crippen LogP contribution in [0.25, 0.3) is 16.9 Å². The van der Waals surface area contributed by atoms with E-state index in [2.05, 4.69) is 16.5 Å². The number of aromatic nitrogens is 4. The molecule has 8 nitrogen and oxygen atoms in total. The van der Waals surface area contributed by atoms with E-state index in [0.29, 0.717) is 48.2 Å². The average molecular weight is 512 g/mol. The second kappa shape index (κ2) is 9.19. The highest BCUT2D eigenvalue weighted by atomic mass is 19.4. The minimum Gasteiger partial charge on any atom is -0.436 e. The van der Waals surface area contributed by atoms with Crippen LogP contribution in [-0.2, 0) is 11.0 Å². The third-order valence-corrected chi connectivity index (χ3v) is 6.14. The Kier molecular flexibility index (Phi) is 6.02. The molecule has 190 valence electrons. The number of benzene rings is 1. The van der Waals surface area contributed by atoms with Crippen LogP contribution in [0.5, 0.6) is 11.6 Å². The van der Waals surface area contributed by atoms with Gasteiger partial charge in [0.05, 0.1) is 16.8 Å². The molecule has 0 bridgehead atoms. The number of rotatable bonds is 5. The fourth-order valence-electron chi connectivity index (χ4n) is 4.37. The number of nitrogens with two attached hydrogens (primary N) is 1. The maximum absolute atomic E-state index is 15.0. The maximum Gasteiger partial charge on any atom is 0.416 e. The van der Waals surface area contributed by atoms with Crippen molar-refractivity contribution in [1.29, 1.82) is 0 Å². The zero-order valence-electron chi connectivity index (χ0n) is 19.2. The number of carbonyl (C=O) groups is 1. The van der Waals surface area contributed by atoms with Crippen molar-refractivity contribution < 1.29 is 27.1 Å². The van der Waals surface area contributed by atoms with E-state index in [4.69, 9.17) is 15.5 Å². The molecule has 0 saturated carbocycles. The number of halogens is 4. The van der Waals surface area contributed by atoms with Gasteiger partial charge in [0.25, 0.3) is 0 Å². The van der Waals surface area contributed by atoms with Crippen molar-refractivity contribution in [2.75, 3.05) is 18.8 Å². The number of alkyl halides is 3. The number of anilines is 1. The number of pyridine rings is 1. The Bertz CT molecular complexity index is 1520. The van der Waals surface area contributed by atoms with Crippen LogP contribution in [0.4, 0.5) is 23.5 Å². The Hall–Kier alpha value is -4.48. The van der Waals surface area contributed by atoms with E-state index in [9.17, 15) is 18.0 Å². The first-order valence-corrected chi connectivity index (χ1v) is 11.2. The Morgan fingerprint density at radius 1 is 1.16 bits per heavy atom. The summed E-state index contributed by atoms with van der Waals surface area (Å²) in [6.45, 7) is 4.53. The molecule has 1 saturated heterocycles. The molecule has 1 aliphatic heterocycles. The van der Waals surface area contributed by atoms with E-state index < -0.39 is 23.4 Å². The third-order valence-electron chi connectivity index (χ3n) is 6.14. The predicted octanol–water partition coefficient (Wildman–Crippen LogP) is 4.83. The fraction of sp³-hybridized carbons (Fsp3) is 0.200. The number of nitrogens with zero attached hydrogens (tertiary/aromatic N) is 5. The number of likely N-dealkylation sites (tertiary alicyclic amines) is 1. The van der Waals surface area contributed by atoms with Gasteiger partial charge in [-0.05, 0) is 42.8 Å². The number of amides is 1. The SMILES string of the molecule is C=CC(=O)N1CCC(c2nc(-c3ccc(Oc4cc(C(F)(F)F)ccn4)c(F)c3)n3c(N)nccc23)C1. The first kappa shape index (κ1) is 24.2. The van der Waals surface area contributed by atoms with Crippen molar-refractivity contribution in [2.24, 2.45) is 0 Å². The lowest BCUT2D eigenvalue weighted by atomic mass is 10.0. The van der Waals surface area contributed by atoms with Crippen LogP contribution in [0, 0.1) is 5.82 Å². The van der Waals surface area contributed by atoms with Crippen molar-refractivity contribution in [3.05, 3.63) is 78.5 Å². The molecule has 0 aliphatic carbocycles. The Morgan fingerprint density at radius 3 is 2.68 bits per heavy atom. The van der Waals surface area contributed by atoms with E-state index in [1.807, 2.05) is 0 Å². The summed E-state index contributed by atoms with van der Waals surface area (Å²) in [5.74, 6) is -1.32. The minimum absolute atomic E-state index is 0.0751. The summed E-state index contributed by atoms with van der Waals surface area (Å²) in [4.78, 5) is 26.3. The first-order valence-electron chi connectivity index (χ1n) is 11.2. The number of carbonyl (C=O) groups excluding carboxylic acids is 1. The molecular formula is C25H20F4N6O2. The quantitative estimate of drug-likeness (QED) is 0.304. The lowest BCUT2D eigenvalue weighted by Gasteiger charge is -2.13. The molecule has 1 unspecified atom stereocenters. The van der Waals surface area contributed by atoms with Gasteiger partial charge in [0.2, 0.25) is 17.7 Å².